The summed E-state index contributed by atoms with van der Waals surface area (Å²) in [4.78, 5) is 21.1. The van der Waals surface area contributed by atoms with Crippen LogP contribution in [0.5, 0.6) is 11.5 Å². The zero-order valence-electron chi connectivity index (χ0n) is 8.07. The molecule has 0 amide bonds. The molecule has 2 unspecified atom stereocenters. The van der Waals surface area contributed by atoms with Gasteiger partial charge < -0.3 is 21.1 Å². The number of carboxylic acids is 1. The number of aromatic hydroxyl groups is 2. The minimum atomic E-state index is -1.53. The third-order valence-electron chi connectivity index (χ3n) is 2.01. The van der Waals surface area contributed by atoms with E-state index in [0.717, 1.165) is 18.2 Å². The van der Waals surface area contributed by atoms with E-state index in [-0.39, 0.29) is 17.1 Å². The minimum Gasteiger partial charge on any atom is -0.508 e. The maximum absolute atomic E-state index is 10.6. The number of nitrogens with zero attached hydrogens (tertiary/aromatic N) is 1. The van der Waals surface area contributed by atoms with Crippen LogP contribution >= 0.6 is 0 Å². The Morgan fingerprint density at radius 1 is 1.25 bits per heavy atom. The lowest BCUT2D eigenvalue weighted by Gasteiger charge is -2.14. The zero-order valence-corrected chi connectivity index (χ0v) is 8.07. The molecule has 86 valence electrons. The van der Waals surface area contributed by atoms with E-state index in [1.165, 1.54) is 0 Å². The van der Waals surface area contributed by atoms with E-state index >= 15 is 0 Å². The molecular weight excluding hydrogens is 216 g/mol. The molecule has 1 aromatic rings. The maximum Gasteiger partial charge on any atom is 0.323 e. The summed E-state index contributed by atoms with van der Waals surface area (Å²) in [5.41, 5.74) is 5.29. The fourth-order valence-corrected chi connectivity index (χ4v) is 1.26. The van der Waals surface area contributed by atoms with Crippen molar-refractivity contribution in [3.05, 3.63) is 28.7 Å². The van der Waals surface area contributed by atoms with E-state index in [1.54, 1.807) is 0 Å². The van der Waals surface area contributed by atoms with Crippen LogP contribution in [0.4, 0.5) is 0 Å². The molecule has 1 rings (SSSR count). The summed E-state index contributed by atoms with van der Waals surface area (Å²) >= 11 is 0. The third kappa shape index (κ3) is 2.45. The van der Waals surface area contributed by atoms with E-state index in [1.807, 2.05) is 0 Å². The predicted octanol–water partition coefficient (Wildman–Crippen LogP) is 0.317. The number of nitrogens with two attached hydrogens (primary N) is 1. The van der Waals surface area contributed by atoms with E-state index in [0.29, 0.717) is 0 Å². The molecule has 0 spiro atoms. The number of phenols is 2. The average Bonchev–Trinajstić information content (AvgIpc) is 2.16. The van der Waals surface area contributed by atoms with Crippen LogP contribution in [0.15, 0.2) is 23.4 Å². The van der Waals surface area contributed by atoms with Gasteiger partial charge in [0.05, 0.1) is 0 Å². The number of benzene rings is 1. The molecule has 0 bridgehead atoms. The average molecular weight is 226 g/mol. The van der Waals surface area contributed by atoms with Crippen molar-refractivity contribution in [2.45, 2.75) is 12.1 Å². The smallest absolute Gasteiger partial charge is 0.323 e. The van der Waals surface area contributed by atoms with Gasteiger partial charge in [-0.2, -0.15) is 4.91 Å². The quantitative estimate of drug-likeness (QED) is 0.546. The number of phenolic OH excluding ortho intramolecular Hbond substituents is 2. The first kappa shape index (κ1) is 11.9. The molecular formula is C9H10N2O5. The number of rotatable bonds is 4. The van der Waals surface area contributed by atoms with Crippen molar-refractivity contribution in [3.8, 4) is 11.5 Å². The molecule has 0 saturated heterocycles. The summed E-state index contributed by atoms with van der Waals surface area (Å²) in [5, 5.41) is 29.6. The zero-order chi connectivity index (χ0) is 12.3. The van der Waals surface area contributed by atoms with Crippen molar-refractivity contribution < 1.29 is 20.1 Å². The van der Waals surface area contributed by atoms with Gasteiger partial charge in [0.2, 0.25) is 0 Å². The topological polar surface area (TPSA) is 133 Å². The Kier molecular flexibility index (Phi) is 3.41. The van der Waals surface area contributed by atoms with E-state index in [9.17, 15) is 9.70 Å². The molecule has 0 radical (unpaired) electrons. The molecule has 0 fully saturated rings. The van der Waals surface area contributed by atoms with Gasteiger partial charge in [0.25, 0.3) is 0 Å². The third-order valence-corrected chi connectivity index (χ3v) is 2.01. The van der Waals surface area contributed by atoms with Crippen molar-refractivity contribution in [1.29, 1.82) is 0 Å². The number of carboxylic acid groups (broad SMARTS) is 1. The molecule has 0 aliphatic carbocycles. The van der Waals surface area contributed by atoms with E-state index in [4.69, 9.17) is 21.1 Å². The summed E-state index contributed by atoms with van der Waals surface area (Å²) in [6.07, 6.45) is 0. The second-order valence-corrected chi connectivity index (χ2v) is 3.20. The lowest BCUT2D eigenvalue weighted by molar-refractivity contribution is -0.139. The first-order valence-electron chi connectivity index (χ1n) is 4.29. The van der Waals surface area contributed by atoms with Gasteiger partial charge in [-0.25, -0.2) is 0 Å². The molecule has 2 atom stereocenters. The lowest BCUT2D eigenvalue weighted by Crippen LogP contribution is -2.35. The van der Waals surface area contributed by atoms with Crippen LogP contribution in [0.25, 0.3) is 0 Å². The van der Waals surface area contributed by atoms with Crippen molar-refractivity contribution >= 4 is 5.97 Å². The van der Waals surface area contributed by atoms with E-state index < -0.39 is 18.1 Å². The van der Waals surface area contributed by atoms with Crippen molar-refractivity contribution in [3.63, 3.8) is 0 Å². The van der Waals surface area contributed by atoms with Gasteiger partial charge in [0, 0.05) is 6.07 Å². The van der Waals surface area contributed by atoms with Gasteiger partial charge in [-0.1, -0.05) is 5.18 Å². The van der Waals surface area contributed by atoms with Crippen LogP contribution in [0.2, 0.25) is 0 Å². The Hall–Kier alpha value is -2.15. The van der Waals surface area contributed by atoms with Gasteiger partial charge in [-0.3, -0.25) is 4.79 Å². The summed E-state index contributed by atoms with van der Waals surface area (Å²) in [5.74, 6) is -2.00. The molecule has 7 heteroatoms. The van der Waals surface area contributed by atoms with Gasteiger partial charge in [0.15, 0.2) is 0 Å². The molecule has 0 aliphatic heterocycles. The standard InChI is InChI=1S/C9H10N2O5/c10-7(9(14)15)8(11-16)4-1-5(12)3-6(13)2-4/h1-3,7-8,12-13H,10H2,(H,14,15). The summed E-state index contributed by atoms with van der Waals surface area (Å²) in [7, 11) is 0. The highest BCUT2D eigenvalue weighted by Gasteiger charge is 2.27. The SMILES string of the molecule is NC(C(=O)O)C(N=O)c1cc(O)cc(O)c1. The molecule has 7 nitrogen and oxygen atoms in total. The Morgan fingerprint density at radius 2 is 1.75 bits per heavy atom. The van der Waals surface area contributed by atoms with Crippen LogP contribution in [-0.4, -0.2) is 27.3 Å². The van der Waals surface area contributed by atoms with Crippen molar-refractivity contribution in [2.75, 3.05) is 0 Å². The Balaban J connectivity index is 3.13. The lowest BCUT2D eigenvalue weighted by atomic mass is 10.0. The van der Waals surface area contributed by atoms with Crippen LogP contribution in [0.3, 0.4) is 0 Å². The van der Waals surface area contributed by atoms with Gasteiger partial charge in [-0.15, -0.1) is 0 Å². The predicted molar refractivity (Wildman–Crippen MR) is 53.9 cm³/mol. The van der Waals surface area contributed by atoms with Gasteiger partial charge in [0.1, 0.15) is 23.6 Å². The van der Waals surface area contributed by atoms with Crippen LogP contribution < -0.4 is 5.73 Å². The van der Waals surface area contributed by atoms with Gasteiger partial charge in [-0.05, 0) is 17.7 Å². The van der Waals surface area contributed by atoms with Crippen LogP contribution in [-0.2, 0) is 4.79 Å². The monoisotopic (exact) mass is 226 g/mol. The Morgan fingerprint density at radius 3 is 2.12 bits per heavy atom. The highest BCUT2D eigenvalue weighted by atomic mass is 16.4. The summed E-state index contributed by atoms with van der Waals surface area (Å²) in [6.45, 7) is 0. The maximum atomic E-state index is 10.6. The summed E-state index contributed by atoms with van der Waals surface area (Å²) < 4.78 is 0. The summed E-state index contributed by atoms with van der Waals surface area (Å²) in [6, 6.07) is 0.384. The molecule has 0 aromatic heterocycles. The first-order valence-corrected chi connectivity index (χ1v) is 4.29. The Bertz CT molecular complexity index is 400. The van der Waals surface area contributed by atoms with Crippen LogP contribution in [0.1, 0.15) is 11.6 Å². The molecule has 1 aromatic carbocycles. The Labute approximate surface area is 90.1 Å². The van der Waals surface area contributed by atoms with Crippen molar-refractivity contribution in [2.24, 2.45) is 10.9 Å². The largest absolute Gasteiger partial charge is 0.508 e. The number of hydrogen-bond acceptors (Lipinski definition) is 6. The second-order valence-electron chi connectivity index (χ2n) is 3.20. The molecule has 5 N–H and O–H groups in total. The number of carbonyl (C=O) groups is 1. The molecule has 0 heterocycles. The normalized spacial score (nSPS) is 14.1. The van der Waals surface area contributed by atoms with E-state index in [2.05, 4.69) is 5.18 Å². The highest BCUT2D eigenvalue weighted by molar-refractivity contribution is 5.74. The minimum absolute atomic E-state index is 0.0439. The fourth-order valence-electron chi connectivity index (χ4n) is 1.26. The van der Waals surface area contributed by atoms with Gasteiger partial charge >= 0.3 is 5.97 Å². The number of nitroso groups, excluding NO2 is 1. The van der Waals surface area contributed by atoms with Crippen LogP contribution in [0, 0.1) is 4.91 Å². The molecule has 16 heavy (non-hydrogen) atoms. The fraction of sp³-hybridized carbons (Fsp3) is 0.222. The first-order chi connectivity index (χ1) is 7.45. The number of aliphatic carboxylic acids is 1. The number of hydrogen-bond donors (Lipinski definition) is 4. The molecule has 0 aliphatic rings. The highest BCUT2D eigenvalue weighted by Crippen LogP contribution is 2.28. The van der Waals surface area contributed by atoms with Crippen molar-refractivity contribution in [1.82, 2.24) is 0 Å². The molecule has 0 saturated carbocycles. The second kappa shape index (κ2) is 4.58.